The summed E-state index contributed by atoms with van der Waals surface area (Å²) in [5.74, 6) is -0.997. The molecule has 0 aromatic carbocycles. The summed E-state index contributed by atoms with van der Waals surface area (Å²) in [7, 11) is 0. The number of hydrogen-bond acceptors (Lipinski definition) is 4. The SMILES string of the molecule is NCCCCC(=O)N1CC(=O)NC(=O)C1. The van der Waals surface area contributed by atoms with Crippen LogP contribution in [0.4, 0.5) is 0 Å². The fraction of sp³-hybridized carbons (Fsp3) is 0.667. The van der Waals surface area contributed by atoms with Crippen molar-refractivity contribution in [2.24, 2.45) is 5.73 Å². The van der Waals surface area contributed by atoms with Gasteiger partial charge < -0.3 is 10.6 Å². The average Bonchev–Trinajstić information content (AvgIpc) is 2.16. The summed E-state index contributed by atoms with van der Waals surface area (Å²) in [6, 6.07) is 0. The lowest BCUT2D eigenvalue weighted by Crippen LogP contribution is -2.53. The first-order valence-corrected chi connectivity index (χ1v) is 4.94. The molecule has 1 rings (SSSR count). The van der Waals surface area contributed by atoms with Crippen LogP contribution in [0.2, 0.25) is 0 Å². The molecular weight excluding hydrogens is 198 g/mol. The number of piperazine rings is 1. The van der Waals surface area contributed by atoms with E-state index in [1.54, 1.807) is 0 Å². The summed E-state index contributed by atoms with van der Waals surface area (Å²) in [4.78, 5) is 34.7. The minimum Gasteiger partial charge on any atom is -0.330 e. The van der Waals surface area contributed by atoms with Crippen molar-refractivity contribution in [3.63, 3.8) is 0 Å². The molecule has 1 fully saturated rings. The molecule has 0 radical (unpaired) electrons. The smallest absolute Gasteiger partial charge is 0.246 e. The van der Waals surface area contributed by atoms with E-state index in [9.17, 15) is 14.4 Å². The molecule has 6 heteroatoms. The third kappa shape index (κ3) is 3.67. The van der Waals surface area contributed by atoms with Crippen LogP contribution in [0.25, 0.3) is 0 Å². The molecule has 0 spiro atoms. The molecule has 0 saturated carbocycles. The van der Waals surface area contributed by atoms with Crippen LogP contribution < -0.4 is 11.1 Å². The zero-order valence-electron chi connectivity index (χ0n) is 8.49. The van der Waals surface area contributed by atoms with E-state index in [2.05, 4.69) is 5.32 Å². The van der Waals surface area contributed by atoms with Gasteiger partial charge in [-0.3, -0.25) is 19.7 Å². The second kappa shape index (κ2) is 5.45. The van der Waals surface area contributed by atoms with E-state index in [-0.39, 0.29) is 19.0 Å². The molecule has 0 unspecified atom stereocenters. The van der Waals surface area contributed by atoms with E-state index < -0.39 is 11.8 Å². The zero-order valence-corrected chi connectivity index (χ0v) is 8.49. The number of amides is 3. The first-order chi connectivity index (χ1) is 7.13. The number of carbonyl (C=O) groups excluding carboxylic acids is 3. The summed E-state index contributed by atoms with van der Waals surface area (Å²) < 4.78 is 0. The number of hydrogen-bond donors (Lipinski definition) is 2. The Morgan fingerprint density at radius 1 is 1.27 bits per heavy atom. The zero-order chi connectivity index (χ0) is 11.3. The Hall–Kier alpha value is -1.43. The highest BCUT2D eigenvalue weighted by molar-refractivity contribution is 6.02. The maximum absolute atomic E-state index is 11.5. The van der Waals surface area contributed by atoms with Crippen LogP contribution in [0.1, 0.15) is 19.3 Å². The number of nitrogens with two attached hydrogens (primary N) is 1. The summed E-state index contributed by atoms with van der Waals surface area (Å²) in [6.45, 7) is 0.507. The van der Waals surface area contributed by atoms with Crippen molar-refractivity contribution in [2.45, 2.75) is 19.3 Å². The van der Waals surface area contributed by atoms with Crippen molar-refractivity contribution in [3.8, 4) is 0 Å². The van der Waals surface area contributed by atoms with Gasteiger partial charge in [-0.15, -0.1) is 0 Å². The second-order valence-corrected chi connectivity index (χ2v) is 3.47. The molecular formula is C9H15N3O3. The van der Waals surface area contributed by atoms with Crippen LogP contribution in [0, 0.1) is 0 Å². The van der Waals surface area contributed by atoms with Crippen LogP contribution in [0.5, 0.6) is 0 Å². The van der Waals surface area contributed by atoms with Crippen LogP contribution in [0.3, 0.4) is 0 Å². The van der Waals surface area contributed by atoms with Crippen LogP contribution in [-0.4, -0.2) is 42.3 Å². The van der Waals surface area contributed by atoms with Crippen LogP contribution >= 0.6 is 0 Å². The van der Waals surface area contributed by atoms with E-state index >= 15 is 0 Å². The molecule has 1 aliphatic heterocycles. The van der Waals surface area contributed by atoms with Gasteiger partial charge in [-0.2, -0.15) is 0 Å². The second-order valence-electron chi connectivity index (χ2n) is 3.47. The highest BCUT2D eigenvalue weighted by Gasteiger charge is 2.25. The fourth-order valence-electron chi connectivity index (χ4n) is 1.39. The van der Waals surface area contributed by atoms with Gasteiger partial charge in [0.15, 0.2) is 0 Å². The first kappa shape index (κ1) is 11.6. The van der Waals surface area contributed by atoms with Gasteiger partial charge in [-0.05, 0) is 19.4 Å². The summed E-state index contributed by atoms with van der Waals surface area (Å²) >= 11 is 0. The Labute approximate surface area is 87.8 Å². The van der Waals surface area contributed by atoms with E-state index in [1.807, 2.05) is 0 Å². The lowest BCUT2D eigenvalue weighted by Gasteiger charge is -2.25. The number of imide groups is 1. The molecule has 0 aliphatic carbocycles. The normalized spacial score (nSPS) is 16.5. The lowest BCUT2D eigenvalue weighted by atomic mass is 10.2. The number of unbranched alkanes of at least 4 members (excludes halogenated alkanes) is 1. The molecule has 1 heterocycles. The monoisotopic (exact) mass is 213 g/mol. The molecule has 0 atom stereocenters. The van der Waals surface area contributed by atoms with Crippen molar-refractivity contribution < 1.29 is 14.4 Å². The van der Waals surface area contributed by atoms with E-state index in [0.29, 0.717) is 19.4 Å². The third-order valence-corrected chi connectivity index (χ3v) is 2.15. The Balaban J connectivity index is 2.38. The van der Waals surface area contributed by atoms with Crippen LogP contribution in [0.15, 0.2) is 0 Å². The maximum atomic E-state index is 11.5. The molecule has 84 valence electrons. The van der Waals surface area contributed by atoms with Crippen molar-refractivity contribution in [1.82, 2.24) is 10.2 Å². The number of carbonyl (C=O) groups is 3. The highest BCUT2D eigenvalue weighted by Crippen LogP contribution is 2.02. The Kier molecular flexibility index (Phi) is 4.23. The topological polar surface area (TPSA) is 92.5 Å². The van der Waals surface area contributed by atoms with Gasteiger partial charge >= 0.3 is 0 Å². The maximum Gasteiger partial charge on any atom is 0.246 e. The minimum atomic E-state index is -0.418. The van der Waals surface area contributed by atoms with Gasteiger partial charge in [0.05, 0.1) is 0 Å². The molecule has 0 bridgehead atoms. The summed E-state index contributed by atoms with van der Waals surface area (Å²) in [5, 5.41) is 2.14. The summed E-state index contributed by atoms with van der Waals surface area (Å²) in [6.07, 6.45) is 1.82. The predicted molar refractivity (Wildman–Crippen MR) is 52.6 cm³/mol. The molecule has 6 nitrogen and oxygen atoms in total. The number of rotatable bonds is 4. The highest BCUT2D eigenvalue weighted by atomic mass is 16.2. The standard InChI is InChI=1S/C9H15N3O3/c10-4-2-1-3-9(15)12-5-7(13)11-8(14)6-12/h1-6,10H2,(H,11,13,14). The first-order valence-electron chi connectivity index (χ1n) is 4.94. The molecule has 0 aromatic heterocycles. The lowest BCUT2D eigenvalue weighted by molar-refractivity contribution is -0.145. The molecule has 15 heavy (non-hydrogen) atoms. The van der Waals surface area contributed by atoms with E-state index in [4.69, 9.17) is 5.73 Å². The van der Waals surface area contributed by atoms with Gasteiger partial charge in [-0.25, -0.2) is 0 Å². The molecule has 3 amide bonds. The summed E-state index contributed by atoms with van der Waals surface area (Å²) in [5.41, 5.74) is 5.29. The van der Waals surface area contributed by atoms with Crippen molar-refractivity contribution >= 4 is 17.7 Å². The Bertz CT molecular complexity index is 262. The average molecular weight is 213 g/mol. The Morgan fingerprint density at radius 2 is 1.87 bits per heavy atom. The van der Waals surface area contributed by atoms with Gasteiger partial charge in [0.25, 0.3) is 0 Å². The third-order valence-electron chi connectivity index (χ3n) is 2.15. The van der Waals surface area contributed by atoms with Crippen LogP contribution in [-0.2, 0) is 14.4 Å². The molecule has 3 N–H and O–H groups in total. The van der Waals surface area contributed by atoms with Gasteiger partial charge in [0.2, 0.25) is 17.7 Å². The van der Waals surface area contributed by atoms with E-state index in [1.165, 1.54) is 4.90 Å². The van der Waals surface area contributed by atoms with E-state index in [0.717, 1.165) is 6.42 Å². The molecule has 1 saturated heterocycles. The minimum absolute atomic E-state index is 0.0206. The fourth-order valence-corrected chi connectivity index (χ4v) is 1.39. The van der Waals surface area contributed by atoms with Crippen molar-refractivity contribution in [2.75, 3.05) is 19.6 Å². The van der Waals surface area contributed by atoms with Gasteiger partial charge in [0.1, 0.15) is 13.1 Å². The quantitative estimate of drug-likeness (QED) is 0.444. The predicted octanol–water partition coefficient (Wildman–Crippen LogP) is -1.40. The molecule has 1 aliphatic rings. The number of nitrogens with zero attached hydrogens (tertiary/aromatic N) is 1. The largest absolute Gasteiger partial charge is 0.330 e. The number of nitrogens with one attached hydrogen (secondary N) is 1. The van der Waals surface area contributed by atoms with Gasteiger partial charge in [-0.1, -0.05) is 0 Å². The van der Waals surface area contributed by atoms with Crippen molar-refractivity contribution in [3.05, 3.63) is 0 Å². The molecule has 0 aromatic rings. The van der Waals surface area contributed by atoms with Gasteiger partial charge in [0, 0.05) is 6.42 Å². The Morgan fingerprint density at radius 3 is 2.40 bits per heavy atom. The van der Waals surface area contributed by atoms with Crippen molar-refractivity contribution in [1.29, 1.82) is 0 Å².